The number of benzene rings is 2. The second-order valence-corrected chi connectivity index (χ2v) is 5.67. The third-order valence-electron chi connectivity index (χ3n) is 4.27. The minimum absolute atomic E-state index is 0.231. The predicted molar refractivity (Wildman–Crippen MR) is 86.8 cm³/mol. The van der Waals surface area contributed by atoms with Crippen LogP contribution in [0.1, 0.15) is 30.0 Å². The van der Waals surface area contributed by atoms with Crippen molar-refractivity contribution in [3.05, 3.63) is 65.7 Å². The second kappa shape index (κ2) is 6.65. The summed E-state index contributed by atoms with van der Waals surface area (Å²) < 4.78 is 5.18. The fourth-order valence-electron chi connectivity index (χ4n) is 2.96. The molecule has 0 saturated carbocycles. The third kappa shape index (κ3) is 3.14. The molecule has 2 aromatic rings. The zero-order valence-corrected chi connectivity index (χ0v) is 12.9. The van der Waals surface area contributed by atoms with E-state index in [0.29, 0.717) is 6.42 Å². The Bertz CT molecular complexity index is 622. The highest BCUT2D eigenvalue weighted by molar-refractivity contribution is 5.83. The van der Waals surface area contributed by atoms with Crippen molar-refractivity contribution in [3.63, 3.8) is 0 Å². The maximum absolute atomic E-state index is 11.9. The summed E-state index contributed by atoms with van der Waals surface area (Å²) >= 11 is 0. The van der Waals surface area contributed by atoms with Crippen LogP contribution >= 0.6 is 0 Å². The van der Waals surface area contributed by atoms with E-state index in [-0.39, 0.29) is 11.9 Å². The van der Waals surface area contributed by atoms with Crippen molar-refractivity contribution >= 4 is 5.91 Å². The number of amides is 1. The highest BCUT2D eigenvalue weighted by Gasteiger charge is 2.36. The quantitative estimate of drug-likeness (QED) is 0.762. The highest BCUT2D eigenvalue weighted by Crippen LogP contribution is 2.35. The van der Waals surface area contributed by atoms with Gasteiger partial charge in [-0.1, -0.05) is 42.5 Å². The van der Waals surface area contributed by atoms with Crippen LogP contribution in [0.3, 0.4) is 0 Å². The topological polar surface area (TPSA) is 29.5 Å². The molecule has 2 aromatic carbocycles. The Morgan fingerprint density at radius 1 is 1.09 bits per heavy atom. The normalized spacial score (nSPS) is 17.2. The largest absolute Gasteiger partial charge is 0.497 e. The average Bonchev–Trinajstić information content (AvgIpc) is 2.57. The van der Waals surface area contributed by atoms with Gasteiger partial charge < -0.3 is 9.64 Å². The van der Waals surface area contributed by atoms with Crippen molar-refractivity contribution in [1.29, 1.82) is 0 Å². The van der Waals surface area contributed by atoms with E-state index in [1.165, 1.54) is 11.1 Å². The van der Waals surface area contributed by atoms with Crippen LogP contribution in [0.25, 0.3) is 0 Å². The van der Waals surface area contributed by atoms with Crippen molar-refractivity contribution in [2.75, 3.05) is 13.7 Å². The molecular weight excluding hydrogens is 274 g/mol. The van der Waals surface area contributed by atoms with Crippen LogP contribution in [-0.2, 0) is 11.2 Å². The van der Waals surface area contributed by atoms with Gasteiger partial charge in [0.25, 0.3) is 0 Å². The van der Waals surface area contributed by atoms with Gasteiger partial charge in [-0.2, -0.15) is 0 Å². The van der Waals surface area contributed by atoms with E-state index in [2.05, 4.69) is 36.4 Å². The Labute approximate surface area is 131 Å². The molecule has 1 fully saturated rings. The summed E-state index contributed by atoms with van der Waals surface area (Å²) in [6.45, 7) is 0.824. The molecule has 3 heteroatoms. The zero-order chi connectivity index (χ0) is 15.4. The maximum atomic E-state index is 11.9. The van der Waals surface area contributed by atoms with Crippen molar-refractivity contribution < 1.29 is 9.53 Å². The van der Waals surface area contributed by atoms with E-state index < -0.39 is 0 Å². The number of hydrogen-bond donors (Lipinski definition) is 0. The van der Waals surface area contributed by atoms with E-state index in [1.807, 2.05) is 23.1 Å². The first kappa shape index (κ1) is 14.6. The zero-order valence-electron chi connectivity index (χ0n) is 12.9. The van der Waals surface area contributed by atoms with Crippen LogP contribution in [0, 0.1) is 0 Å². The summed E-state index contributed by atoms with van der Waals surface area (Å²) in [5.74, 6) is 1.11. The molecule has 1 aliphatic heterocycles. The van der Waals surface area contributed by atoms with Gasteiger partial charge in [0.2, 0.25) is 5.91 Å². The minimum Gasteiger partial charge on any atom is -0.497 e. The molecule has 114 valence electrons. The SMILES string of the molecule is COc1ccc([C@H]2CC(=O)N2CCCc2ccccc2)cc1. The lowest BCUT2D eigenvalue weighted by molar-refractivity contribution is -0.146. The van der Waals surface area contributed by atoms with E-state index in [0.717, 1.165) is 25.1 Å². The van der Waals surface area contributed by atoms with Gasteiger partial charge in [0.05, 0.1) is 19.6 Å². The molecule has 0 bridgehead atoms. The number of carbonyl (C=O) groups is 1. The Hall–Kier alpha value is -2.29. The number of nitrogens with zero attached hydrogens (tertiary/aromatic N) is 1. The molecule has 0 radical (unpaired) electrons. The van der Waals surface area contributed by atoms with Crippen molar-refractivity contribution in [3.8, 4) is 5.75 Å². The number of hydrogen-bond acceptors (Lipinski definition) is 2. The number of carbonyl (C=O) groups excluding carboxylic acids is 1. The molecule has 0 spiro atoms. The van der Waals surface area contributed by atoms with Crippen LogP contribution < -0.4 is 4.74 Å². The molecule has 0 aliphatic carbocycles. The molecule has 1 atom stereocenters. The first-order chi connectivity index (χ1) is 10.8. The number of methoxy groups -OCH3 is 1. The lowest BCUT2D eigenvalue weighted by Gasteiger charge is -2.41. The third-order valence-corrected chi connectivity index (χ3v) is 4.27. The Morgan fingerprint density at radius 3 is 2.45 bits per heavy atom. The van der Waals surface area contributed by atoms with Crippen LogP contribution in [0.2, 0.25) is 0 Å². The number of likely N-dealkylation sites (tertiary alicyclic amines) is 1. The molecule has 1 heterocycles. The van der Waals surface area contributed by atoms with E-state index in [9.17, 15) is 4.79 Å². The Balaban J connectivity index is 1.56. The minimum atomic E-state index is 0.231. The summed E-state index contributed by atoms with van der Waals surface area (Å²) in [6.07, 6.45) is 2.64. The first-order valence-electron chi connectivity index (χ1n) is 7.75. The molecular formula is C19H21NO2. The second-order valence-electron chi connectivity index (χ2n) is 5.67. The van der Waals surface area contributed by atoms with Gasteiger partial charge in [-0.3, -0.25) is 4.79 Å². The first-order valence-corrected chi connectivity index (χ1v) is 7.75. The molecule has 0 aromatic heterocycles. The fraction of sp³-hybridized carbons (Fsp3) is 0.316. The number of ether oxygens (including phenoxy) is 1. The van der Waals surface area contributed by atoms with Gasteiger partial charge in [0, 0.05) is 6.54 Å². The molecule has 0 N–H and O–H groups in total. The molecule has 1 aliphatic rings. The molecule has 3 nitrogen and oxygen atoms in total. The van der Waals surface area contributed by atoms with E-state index in [1.54, 1.807) is 7.11 Å². The average molecular weight is 295 g/mol. The van der Waals surface area contributed by atoms with Gasteiger partial charge in [0.15, 0.2) is 0 Å². The highest BCUT2D eigenvalue weighted by atomic mass is 16.5. The molecule has 1 saturated heterocycles. The molecule has 1 amide bonds. The van der Waals surface area contributed by atoms with Crippen LogP contribution in [0.5, 0.6) is 5.75 Å². The van der Waals surface area contributed by atoms with Crippen molar-refractivity contribution in [2.24, 2.45) is 0 Å². The van der Waals surface area contributed by atoms with Crippen molar-refractivity contribution in [1.82, 2.24) is 4.90 Å². The van der Waals surface area contributed by atoms with Crippen LogP contribution in [0.4, 0.5) is 0 Å². The summed E-state index contributed by atoms with van der Waals surface area (Å²) in [5.41, 5.74) is 2.52. The fourth-order valence-corrected chi connectivity index (χ4v) is 2.96. The van der Waals surface area contributed by atoms with Gasteiger partial charge in [-0.15, -0.1) is 0 Å². The van der Waals surface area contributed by atoms with Gasteiger partial charge in [-0.05, 0) is 36.1 Å². The number of rotatable bonds is 6. The number of aryl methyl sites for hydroxylation is 1. The van der Waals surface area contributed by atoms with Crippen LogP contribution in [-0.4, -0.2) is 24.5 Å². The van der Waals surface area contributed by atoms with E-state index in [4.69, 9.17) is 4.74 Å². The summed E-state index contributed by atoms with van der Waals surface area (Å²) in [5, 5.41) is 0. The standard InChI is InChI=1S/C19H21NO2/c1-22-17-11-9-16(10-12-17)18-14-19(21)20(18)13-5-8-15-6-3-2-4-7-15/h2-4,6-7,9-12,18H,5,8,13-14H2,1H3/t18-/m1/s1. The monoisotopic (exact) mass is 295 g/mol. The van der Waals surface area contributed by atoms with Crippen LogP contribution in [0.15, 0.2) is 54.6 Å². The Morgan fingerprint density at radius 2 is 1.82 bits per heavy atom. The predicted octanol–water partition coefficient (Wildman–Crippen LogP) is 3.60. The van der Waals surface area contributed by atoms with Crippen molar-refractivity contribution in [2.45, 2.75) is 25.3 Å². The molecule has 3 rings (SSSR count). The van der Waals surface area contributed by atoms with Gasteiger partial charge in [-0.25, -0.2) is 0 Å². The summed E-state index contributed by atoms with van der Waals surface area (Å²) in [6, 6.07) is 18.7. The van der Waals surface area contributed by atoms with E-state index >= 15 is 0 Å². The summed E-state index contributed by atoms with van der Waals surface area (Å²) in [4.78, 5) is 13.9. The van der Waals surface area contributed by atoms with Gasteiger partial charge in [0.1, 0.15) is 5.75 Å². The summed E-state index contributed by atoms with van der Waals surface area (Å²) in [7, 11) is 1.66. The smallest absolute Gasteiger partial charge is 0.225 e. The maximum Gasteiger partial charge on any atom is 0.225 e. The lowest BCUT2D eigenvalue weighted by atomic mass is 9.93. The lowest BCUT2D eigenvalue weighted by Crippen LogP contribution is -2.46. The molecule has 0 unspecified atom stereocenters. The van der Waals surface area contributed by atoms with Gasteiger partial charge >= 0.3 is 0 Å². The molecule has 22 heavy (non-hydrogen) atoms. The number of β-lactam (4-membered cyclic amide) rings is 1. The Kier molecular flexibility index (Phi) is 4.42.